The van der Waals surface area contributed by atoms with Crippen LogP contribution in [-0.2, 0) is 10.0 Å². The van der Waals surface area contributed by atoms with E-state index in [1.54, 1.807) is 12.1 Å². The van der Waals surface area contributed by atoms with Gasteiger partial charge < -0.3 is 5.73 Å². The van der Waals surface area contributed by atoms with Crippen molar-refractivity contribution in [3.8, 4) is 0 Å². The second-order valence-corrected chi connectivity index (χ2v) is 7.39. The molecule has 4 nitrogen and oxygen atoms in total. The number of sulfonamides is 1. The van der Waals surface area contributed by atoms with E-state index in [1.807, 2.05) is 13.8 Å². The van der Waals surface area contributed by atoms with Crippen LogP contribution in [0.1, 0.15) is 37.3 Å². The van der Waals surface area contributed by atoms with Crippen molar-refractivity contribution < 1.29 is 8.42 Å². The molecule has 2 rings (SSSR count). The number of benzene rings is 1. The fourth-order valence-corrected chi connectivity index (χ4v) is 3.56. The first-order valence-corrected chi connectivity index (χ1v) is 8.14. The van der Waals surface area contributed by atoms with Gasteiger partial charge in [-0.25, -0.2) is 13.1 Å². The van der Waals surface area contributed by atoms with Crippen LogP contribution in [0.3, 0.4) is 0 Å². The number of rotatable bonds is 5. The second-order valence-electron chi connectivity index (χ2n) is 5.65. The van der Waals surface area contributed by atoms with Crippen LogP contribution in [0.15, 0.2) is 17.0 Å². The van der Waals surface area contributed by atoms with Gasteiger partial charge in [-0.3, -0.25) is 0 Å². The first kappa shape index (κ1) is 14.3. The Morgan fingerprint density at radius 1 is 1.26 bits per heavy atom. The number of nitrogen functional groups attached to an aromatic ring is 1. The zero-order valence-electron chi connectivity index (χ0n) is 11.8. The molecule has 1 saturated carbocycles. The number of anilines is 1. The van der Waals surface area contributed by atoms with Crippen LogP contribution in [0.5, 0.6) is 0 Å². The standard InChI is InChI=1S/C14H22N2O2S/c1-4-14(5-6-14)9-16-19(17,18)13-8-11(3)10(2)7-12(13)15/h7-8,16H,4-6,9,15H2,1-3H3. The summed E-state index contributed by atoms with van der Waals surface area (Å²) in [6.07, 6.45) is 3.22. The Kier molecular flexibility index (Phi) is 3.62. The Hall–Kier alpha value is -1.07. The lowest BCUT2D eigenvalue weighted by molar-refractivity contribution is 0.476. The molecule has 1 aliphatic rings. The van der Waals surface area contributed by atoms with Crippen molar-refractivity contribution in [2.75, 3.05) is 12.3 Å². The van der Waals surface area contributed by atoms with E-state index in [4.69, 9.17) is 5.73 Å². The average Bonchev–Trinajstić information content (AvgIpc) is 3.12. The van der Waals surface area contributed by atoms with Crippen LogP contribution < -0.4 is 10.5 Å². The monoisotopic (exact) mass is 282 g/mol. The molecule has 1 aromatic carbocycles. The summed E-state index contributed by atoms with van der Waals surface area (Å²) in [5.74, 6) is 0. The Bertz CT molecular complexity index is 590. The lowest BCUT2D eigenvalue weighted by Crippen LogP contribution is -2.30. The van der Waals surface area contributed by atoms with Crippen molar-refractivity contribution in [2.24, 2.45) is 5.41 Å². The van der Waals surface area contributed by atoms with Crippen LogP contribution in [0.2, 0.25) is 0 Å². The minimum absolute atomic E-state index is 0.182. The fraction of sp³-hybridized carbons (Fsp3) is 0.571. The van der Waals surface area contributed by atoms with Gasteiger partial charge in [0.1, 0.15) is 4.90 Å². The van der Waals surface area contributed by atoms with E-state index in [1.165, 1.54) is 0 Å². The van der Waals surface area contributed by atoms with Crippen molar-refractivity contribution >= 4 is 15.7 Å². The number of hydrogen-bond acceptors (Lipinski definition) is 3. The Balaban J connectivity index is 2.22. The molecule has 0 aromatic heterocycles. The van der Waals surface area contributed by atoms with E-state index in [0.29, 0.717) is 12.2 Å². The summed E-state index contributed by atoms with van der Waals surface area (Å²) in [6.45, 7) is 6.43. The highest BCUT2D eigenvalue weighted by Gasteiger charge is 2.41. The van der Waals surface area contributed by atoms with E-state index in [9.17, 15) is 8.42 Å². The van der Waals surface area contributed by atoms with E-state index in [-0.39, 0.29) is 10.3 Å². The lowest BCUT2D eigenvalue weighted by atomic mass is 10.1. The molecule has 3 N–H and O–H groups in total. The van der Waals surface area contributed by atoms with Crippen molar-refractivity contribution in [3.05, 3.63) is 23.3 Å². The summed E-state index contributed by atoms with van der Waals surface area (Å²) in [7, 11) is -3.51. The zero-order chi connectivity index (χ0) is 14.3. The van der Waals surface area contributed by atoms with Gasteiger partial charge in [-0.2, -0.15) is 0 Å². The molecule has 1 fully saturated rings. The topological polar surface area (TPSA) is 72.2 Å². The highest BCUT2D eigenvalue weighted by atomic mass is 32.2. The molecule has 0 amide bonds. The van der Waals surface area contributed by atoms with Crippen LogP contribution in [0.4, 0.5) is 5.69 Å². The molecule has 0 atom stereocenters. The molecular weight excluding hydrogens is 260 g/mol. The maximum Gasteiger partial charge on any atom is 0.242 e. The van der Waals surface area contributed by atoms with E-state index >= 15 is 0 Å². The summed E-state index contributed by atoms with van der Waals surface area (Å²) in [4.78, 5) is 0.197. The van der Waals surface area contributed by atoms with Crippen molar-refractivity contribution in [2.45, 2.75) is 44.9 Å². The predicted molar refractivity (Wildman–Crippen MR) is 77.5 cm³/mol. The zero-order valence-corrected chi connectivity index (χ0v) is 12.6. The third kappa shape index (κ3) is 2.92. The normalized spacial score (nSPS) is 17.4. The third-order valence-electron chi connectivity index (χ3n) is 4.26. The van der Waals surface area contributed by atoms with Gasteiger partial charge in [0.05, 0.1) is 5.69 Å². The average molecular weight is 282 g/mol. The van der Waals surface area contributed by atoms with Crippen LogP contribution in [-0.4, -0.2) is 15.0 Å². The molecule has 0 heterocycles. The minimum Gasteiger partial charge on any atom is -0.398 e. The minimum atomic E-state index is -3.51. The molecule has 0 aliphatic heterocycles. The predicted octanol–water partition coefficient (Wildman–Crippen LogP) is 2.35. The fourth-order valence-electron chi connectivity index (χ4n) is 2.20. The Morgan fingerprint density at radius 2 is 1.84 bits per heavy atom. The first-order valence-electron chi connectivity index (χ1n) is 6.66. The smallest absolute Gasteiger partial charge is 0.242 e. The molecule has 0 radical (unpaired) electrons. The summed E-state index contributed by atoms with van der Waals surface area (Å²) in [5, 5.41) is 0. The van der Waals surface area contributed by atoms with E-state index in [0.717, 1.165) is 30.4 Å². The Morgan fingerprint density at radius 3 is 2.37 bits per heavy atom. The van der Waals surface area contributed by atoms with Crippen molar-refractivity contribution in [1.29, 1.82) is 0 Å². The van der Waals surface area contributed by atoms with Gasteiger partial charge in [-0.1, -0.05) is 6.92 Å². The highest BCUT2D eigenvalue weighted by molar-refractivity contribution is 7.89. The van der Waals surface area contributed by atoms with Crippen LogP contribution >= 0.6 is 0 Å². The van der Waals surface area contributed by atoms with Crippen molar-refractivity contribution in [3.63, 3.8) is 0 Å². The molecular formula is C14H22N2O2S. The van der Waals surface area contributed by atoms with Gasteiger partial charge in [0.15, 0.2) is 0 Å². The SMILES string of the molecule is CCC1(CNS(=O)(=O)c2cc(C)c(C)cc2N)CC1. The van der Waals surface area contributed by atoms with Gasteiger partial charge in [0.25, 0.3) is 0 Å². The number of hydrogen-bond donors (Lipinski definition) is 2. The Labute approximate surface area is 115 Å². The summed E-state index contributed by atoms with van der Waals surface area (Å²) in [6, 6.07) is 3.37. The molecule has 19 heavy (non-hydrogen) atoms. The molecule has 0 spiro atoms. The second kappa shape index (κ2) is 4.80. The van der Waals surface area contributed by atoms with Gasteiger partial charge in [-0.05, 0) is 61.8 Å². The largest absolute Gasteiger partial charge is 0.398 e. The lowest BCUT2D eigenvalue weighted by Gasteiger charge is -2.15. The van der Waals surface area contributed by atoms with Crippen LogP contribution in [0, 0.1) is 19.3 Å². The summed E-state index contributed by atoms with van der Waals surface area (Å²) < 4.78 is 27.3. The molecule has 0 saturated heterocycles. The summed E-state index contributed by atoms with van der Waals surface area (Å²) >= 11 is 0. The van der Waals surface area contributed by atoms with E-state index < -0.39 is 10.0 Å². The van der Waals surface area contributed by atoms with Gasteiger partial charge >= 0.3 is 0 Å². The number of nitrogens with two attached hydrogens (primary N) is 1. The molecule has 5 heteroatoms. The van der Waals surface area contributed by atoms with Crippen LogP contribution in [0.25, 0.3) is 0 Å². The number of aryl methyl sites for hydroxylation is 2. The van der Waals surface area contributed by atoms with Gasteiger partial charge in [0, 0.05) is 6.54 Å². The molecule has 0 bridgehead atoms. The van der Waals surface area contributed by atoms with E-state index in [2.05, 4.69) is 11.6 Å². The molecule has 106 valence electrons. The first-order chi connectivity index (χ1) is 8.80. The maximum atomic E-state index is 12.3. The quantitative estimate of drug-likeness (QED) is 0.814. The molecule has 1 aliphatic carbocycles. The molecule has 1 aromatic rings. The van der Waals surface area contributed by atoms with Crippen molar-refractivity contribution in [1.82, 2.24) is 4.72 Å². The summed E-state index contributed by atoms with van der Waals surface area (Å²) in [5.41, 5.74) is 8.28. The van der Waals surface area contributed by atoms with Gasteiger partial charge in [-0.15, -0.1) is 0 Å². The maximum absolute atomic E-state index is 12.3. The number of nitrogens with one attached hydrogen (secondary N) is 1. The van der Waals surface area contributed by atoms with Gasteiger partial charge in [0.2, 0.25) is 10.0 Å². The molecule has 0 unspecified atom stereocenters. The highest BCUT2D eigenvalue weighted by Crippen LogP contribution is 2.48. The third-order valence-corrected chi connectivity index (χ3v) is 5.72.